The van der Waals surface area contributed by atoms with E-state index >= 15 is 0 Å². The fourth-order valence-electron chi connectivity index (χ4n) is 1.81. The van der Waals surface area contributed by atoms with Gasteiger partial charge in [0.1, 0.15) is 0 Å². The Bertz CT molecular complexity index is 364. The summed E-state index contributed by atoms with van der Waals surface area (Å²) in [5.41, 5.74) is 1.07. The monoisotopic (exact) mass is 214 g/mol. The molecule has 2 heteroatoms. The van der Waals surface area contributed by atoms with E-state index in [0.29, 0.717) is 0 Å². The summed E-state index contributed by atoms with van der Waals surface area (Å²) in [7, 11) is 0. The lowest BCUT2D eigenvalue weighted by Gasteiger charge is -2.25. The Hall–Kier alpha value is -1.57. The van der Waals surface area contributed by atoms with Gasteiger partial charge in [0.05, 0.1) is 0 Å². The molecule has 1 heterocycles. The minimum absolute atomic E-state index is 0.122. The maximum absolute atomic E-state index is 11.8. The highest BCUT2D eigenvalue weighted by molar-refractivity contribution is 5.91. The molecule has 0 unspecified atom stereocenters. The van der Waals surface area contributed by atoms with Crippen molar-refractivity contribution in [2.75, 3.05) is 13.1 Å². The van der Waals surface area contributed by atoms with Gasteiger partial charge < -0.3 is 4.90 Å². The summed E-state index contributed by atoms with van der Waals surface area (Å²) in [5, 5.41) is 0. The summed E-state index contributed by atoms with van der Waals surface area (Å²) in [4.78, 5) is 13.7. The van der Waals surface area contributed by atoms with Gasteiger partial charge in [-0.15, -0.1) is 0 Å². The molecule has 1 radical (unpaired) electrons. The lowest BCUT2D eigenvalue weighted by Crippen LogP contribution is -2.34. The van der Waals surface area contributed by atoms with Gasteiger partial charge in [-0.3, -0.25) is 4.79 Å². The van der Waals surface area contributed by atoms with Crippen molar-refractivity contribution in [1.82, 2.24) is 4.90 Å². The van der Waals surface area contributed by atoms with E-state index in [1.54, 1.807) is 6.08 Å². The third-order valence-corrected chi connectivity index (χ3v) is 2.74. The number of amides is 1. The molecule has 0 aliphatic carbocycles. The number of likely N-dealkylation sites (tertiary alicyclic amines) is 1. The molecule has 1 saturated heterocycles. The van der Waals surface area contributed by atoms with Gasteiger partial charge in [-0.1, -0.05) is 30.3 Å². The van der Waals surface area contributed by atoms with Crippen LogP contribution in [0.5, 0.6) is 0 Å². The van der Waals surface area contributed by atoms with Crippen LogP contribution in [-0.4, -0.2) is 23.9 Å². The molecular weight excluding hydrogens is 198 g/mol. The standard InChI is InChI=1S/C14H16NO/c16-14(15-11-5-2-6-12-15)10-9-13-7-3-1-4-8-13/h1-4,7-10H,5-6,11-12H2/b10-9+. The van der Waals surface area contributed by atoms with Gasteiger partial charge in [0.25, 0.3) is 0 Å². The molecule has 2 rings (SSSR count). The highest BCUT2D eigenvalue weighted by Gasteiger charge is 2.13. The molecule has 0 aromatic heterocycles. The van der Waals surface area contributed by atoms with Gasteiger partial charge in [-0.25, -0.2) is 0 Å². The van der Waals surface area contributed by atoms with E-state index in [9.17, 15) is 4.79 Å². The summed E-state index contributed by atoms with van der Waals surface area (Å²) < 4.78 is 0. The van der Waals surface area contributed by atoms with E-state index in [1.807, 2.05) is 41.3 Å². The molecule has 0 saturated carbocycles. The SMILES string of the molecule is O=C(/C=C/c1ccccc1)N1CC[CH]CC1. The zero-order valence-electron chi connectivity index (χ0n) is 9.30. The van der Waals surface area contributed by atoms with Gasteiger partial charge in [-0.2, -0.15) is 0 Å². The van der Waals surface area contributed by atoms with Crippen molar-refractivity contribution in [3.8, 4) is 0 Å². The van der Waals surface area contributed by atoms with Gasteiger partial charge >= 0.3 is 0 Å². The maximum Gasteiger partial charge on any atom is 0.246 e. The second-order valence-electron chi connectivity index (χ2n) is 3.94. The normalized spacial score (nSPS) is 16.6. The number of piperidine rings is 1. The molecule has 1 aromatic carbocycles. The molecule has 1 aliphatic rings. The Morgan fingerprint density at radius 1 is 1.12 bits per heavy atom. The summed E-state index contributed by atoms with van der Waals surface area (Å²) in [6, 6.07) is 9.90. The lowest BCUT2D eigenvalue weighted by atomic mass is 10.1. The number of hydrogen-bond donors (Lipinski definition) is 0. The first-order valence-corrected chi connectivity index (χ1v) is 5.70. The Balaban J connectivity index is 1.93. The first-order valence-electron chi connectivity index (χ1n) is 5.70. The van der Waals surface area contributed by atoms with Crippen molar-refractivity contribution in [3.05, 3.63) is 48.4 Å². The number of carbonyl (C=O) groups is 1. The first kappa shape index (κ1) is 10.9. The molecule has 0 N–H and O–H groups in total. The van der Waals surface area contributed by atoms with Crippen LogP contribution in [0.3, 0.4) is 0 Å². The smallest absolute Gasteiger partial charge is 0.246 e. The molecule has 16 heavy (non-hydrogen) atoms. The lowest BCUT2D eigenvalue weighted by molar-refractivity contribution is -0.126. The van der Waals surface area contributed by atoms with E-state index in [-0.39, 0.29) is 5.91 Å². The molecule has 1 fully saturated rings. The topological polar surface area (TPSA) is 20.3 Å². The molecule has 0 bridgehead atoms. The number of carbonyl (C=O) groups excluding carboxylic acids is 1. The van der Waals surface area contributed by atoms with Crippen molar-refractivity contribution in [2.45, 2.75) is 12.8 Å². The fraction of sp³-hybridized carbons (Fsp3) is 0.286. The van der Waals surface area contributed by atoms with E-state index in [4.69, 9.17) is 0 Å². The summed E-state index contributed by atoms with van der Waals surface area (Å²) in [6.45, 7) is 1.72. The van der Waals surface area contributed by atoms with Crippen molar-refractivity contribution >= 4 is 12.0 Å². The molecule has 2 nitrogen and oxygen atoms in total. The fourth-order valence-corrected chi connectivity index (χ4v) is 1.81. The Morgan fingerprint density at radius 2 is 1.81 bits per heavy atom. The Labute approximate surface area is 96.6 Å². The molecule has 1 aromatic rings. The summed E-state index contributed by atoms with van der Waals surface area (Å²) >= 11 is 0. The van der Waals surface area contributed by atoms with Crippen molar-refractivity contribution in [2.24, 2.45) is 0 Å². The molecule has 0 atom stereocenters. The van der Waals surface area contributed by atoms with Crippen molar-refractivity contribution in [1.29, 1.82) is 0 Å². The zero-order valence-corrected chi connectivity index (χ0v) is 9.30. The van der Waals surface area contributed by atoms with Crippen LogP contribution in [0.25, 0.3) is 6.08 Å². The minimum Gasteiger partial charge on any atom is -0.339 e. The largest absolute Gasteiger partial charge is 0.339 e. The number of nitrogens with zero attached hydrogens (tertiary/aromatic N) is 1. The Morgan fingerprint density at radius 3 is 2.50 bits per heavy atom. The van der Waals surface area contributed by atoms with Crippen LogP contribution >= 0.6 is 0 Å². The average molecular weight is 214 g/mol. The van der Waals surface area contributed by atoms with E-state index < -0.39 is 0 Å². The van der Waals surface area contributed by atoms with Crippen LogP contribution in [0, 0.1) is 6.42 Å². The van der Waals surface area contributed by atoms with Crippen LogP contribution in [-0.2, 0) is 4.79 Å². The van der Waals surface area contributed by atoms with E-state index in [2.05, 4.69) is 6.42 Å². The van der Waals surface area contributed by atoms with Crippen LogP contribution < -0.4 is 0 Å². The van der Waals surface area contributed by atoms with Crippen LogP contribution in [0.1, 0.15) is 18.4 Å². The first-order chi connectivity index (χ1) is 7.86. The number of benzene rings is 1. The van der Waals surface area contributed by atoms with Crippen LogP contribution in [0.2, 0.25) is 0 Å². The van der Waals surface area contributed by atoms with E-state index in [0.717, 1.165) is 31.5 Å². The zero-order chi connectivity index (χ0) is 11.2. The third kappa shape index (κ3) is 2.96. The highest BCUT2D eigenvalue weighted by Crippen LogP contribution is 2.09. The van der Waals surface area contributed by atoms with E-state index in [1.165, 1.54) is 0 Å². The summed E-state index contributed by atoms with van der Waals surface area (Å²) in [5.74, 6) is 0.122. The highest BCUT2D eigenvalue weighted by atomic mass is 16.2. The molecule has 1 amide bonds. The number of rotatable bonds is 2. The summed E-state index contributed by atoms with van der Waals surface area (Å²) in [6.07, 6.45) is 7.82. The predicted molar refractivity (Wildman–Crippen MR) is 65.6 cm³/mol. The van der Waals surface area contributed by atoms with Crippen molar-refractivity contribution < 1.29 is 4.79 Å². The predicted octanol–water partition coefficient (Wildman–Crippen LogP) is 2.53. The van der Waals surface area contributed by atoms with Crippen LogP contribution in [0.4, 0.5) is 0 Å². The third-order valence-electron chi connectivity index (χ3n) is 2.74. The van der Waals surface area contributed by atoms with Gasteiger partial charge in [0.15, 0.2) is 0 Å². The van der Waals surface area contributed by atoms with Gasteiger partial charge in [-0.05, 0) is 30.9 Å². The number of hydrogen-bond acceptors (Lipinski definition) is 1. The quantitative estimate of drug-likeness (QED) is 0.693. The Kier molecular flexibility index (Phi) is 3.76. The van der Waals surface area contributed by atoms with Crippen molar-refractivity contribution in [3.63, 3.8) is 0 Å². The maximum atomic E-state index is 11.8. The van der Waals surface area contributed by atoms with Gasteiger partial charge in [0.2, 0.25) is 5.91 Å². The molecule has 1 aliphatic heterocycles. The van der Waals surface area contributed by atoms with Gasteiger partial charge in [0, 0.05) is 19.2 Å². The minimum atomic E-state index is 0.122. The van der Waals surface area contributed by atoms with Crippen LogP contribution in [0.15, 0.2) is 36.4 Å². The second kappa shape index (κ2) is 5.50. The second-order valence-corrected chi connectivity index (χ2v) is 3.94. The molecule has 83 valence electrons. The molecule has 0 spiro atoms. The molecular formula is C14H16NO. The average Bonchev–Trinajstić information content (AvgIpc) is 2.38.